The first-order valence-electron chi connectivity index (χ1n) is 6.91. The molecule has 0 spiro atoms. The standard InChI is InChI=1S/C18H20O3.ClH.Ti/c1-10-6-8-15(20)17(12(10)3)18-13(4)11(2)7-9-16(18)21-14(5)19;;/h6-9,20H,1-5H3;1H;. The third-order valence-electron chi connectivity index (χ3n) is 3.92. The van der Waals surface area contributed by atoms with Gasteiger partial charge < -0.3 is 9.84 Å². The Morgan fingerprint density at radius 3 is 1.91 bits per heavy atom. The van der Waals surface area contributed by atoms with E-state index in [-0.39, 0.29) is 45.8 Å². The number of esters is 1. The predicted molar refractivity (Wildman–Crippen MR) is 91.0 cm³/mol. The third-order valence-corrected chi connectivity index (χ3v) is 3.92. The van der Waals surface area contributed by atoms with Crippen LogP contribution in [-0.4, -0.2) is 11.1 Å². The van der Waals surface area contributed by atoms with Gasteiger partial charge in [-0.05, 0) is 62.1 Å². The number of phenols is 1. The molecule has 2 aromatic rings. The number of hydrogen-bond donors (Lipinski definition) is 1. The molecule has 0 saturated heterocycles. The number of aryl methyl sites for hydroxylation is 2. The Balaban J connectivity index is 0.00000242. The molecule has 0 radical (unpaired) electrons. The zero-order chi connectivity index (χ0) is 15.7. The summed E-state index contributed by atoms with van der Waals surface area (Å²) < 4.78 is 5.34. The van der Waals surface area contributed by atoms with E-state index in [2.05, 4.69) is 0 Å². The second-order valence-corrected chi connectivity index (χ2v) is 5.38. The van der Waals surface area contributed by atoms with E-state index in [1.807, 2.05) is 39.8 Å². The van der Waals surface area contributed by atoms with E-state index in [9.17, 15) is 9.90 Å². The summed E-state index contributed by atoms with van der Waals surface area (Å²) in [4.78, 5) is 11.3. The van der Waals surface area contributed by atoms with E-state index in [1.165, 1.54) is 6.92 Å². The van der Waals surface area contributed by atoms with Crippen LogP contribution in [0.3, 0.4) is 0 Å². The van der Waals surface area contributed by atoms with Crippen LogP contribution in [0.15, 0.2) is 24.3 Å². The quantitative estimate of drug-likeness (QED) is 0.477. The number of ether oxygens (including phenoxy) is 1. The third kappa shape index (κ3) is 4.38. The predicted octanol–water partition coefficient (Wildman–Crippen LogP) is 4.64. The van der Waals surface area contributed by atoms with Gasteiger partial charge in [-0.2, -0.15) is 0 Å². The van der Waals surface area contributed by atoms with Gasteiger partial charge in [0.2, 0.25) is 0 Å². The molecule has 23 heavy (non-hydrogen) atoms. The Bertz CT molecular complexity index is 727. The van der Waals surface area contributed by atoms with Crippen LogP contribution in [0.25, 0.3) is 11.1 Å². The van der Waals surface area contributed by atoms with Gasteiger partial charge in [0, 0.05) is 39.8 Å². The van der Waals surface area contributed by atoms with Crippen LogP contribution in [0.1, 0.15) is 29.2 Å². The zero-order valence-corrected chi connectivity index (χ0v) is 16.4. The summed E-state index contributed by atoms with van der Waals surface area (Å²) in [6.45, 7) is 9.30. The molecule has 2 aromatic carbocycles. The molecule has 0 amide bonds. The summed E-state index contributed by atoms with van der Waals surface area (Å²) in [6.07, 6.45) is 0. The van der Waals surface area contributed by atoms with E-state index in [1.54, 1.807) is 12.1 Å². The molecule has 1 N–H and O–H groups in total. The van der Waals surface area contributed by atoms with Crippen molar-refractivity contribution in [2.45, 2.75) is 34.6 Å². The van der Waals surface area contributed by atoms with Crippen molar-refractivity contribution in [1.29, 1.82) is 0 Å². The fourth-order valence-electron chi connectivity index (χ4n) is 2.46. The second-order valence-electron chi connectivity index (χ2n) is 5.38. The molecule has 0 aliphatic rings. The molecule has 2 rings (SSSR count). The van der Waals surface area contributed by atoms with Gasteiger partial charge in [0.1, 0.15) is 11.5 Å². The molecule has 0 atom stereocenters. The van der Waals surface area contributed by atoms with Crippen LogP contribution >= 0.6 is 12.4 Å². The van der Waals surface area contributed by atoms with Crippen molar-refractivity contribution in [3.8, 4) is 22.6 Å². The van der Waals surface area contributed by atoms with E-state index in [0.29, 0.717) is 5.75 Å². The molecule has 0 fully saturated rings. The molecule has 0 aliphatic carbocycles. The molecule has 3 nitrogen and oxygen atoms in total. The Morgan fingerprint density at radius 1 is 0.913 bits per heavy atom. The van der Waals surface area contributed by atoms with Crippen LogP contribution in [0.5, 0.6) is 11.5 Å². The maximum atomic E-state index is 11.3. The monoisotopic (exact) mass is 368 g/mol. The first kappa shape index (κ1) is 21.7. The summed E-state index contributed by atoms with van der Waals surface area (Å²) >= 11 is 0. The minimum atomic E-state index is -0.371. The second kappa shape index (κ2) is 8.53. The van der Waals surface area contributed by atoms with Gasteiger partial charge in [0.05, 0.1) is 0 Å². The average Bonchev–Trinajstić information content (AvgIpc) is 2.41. The molecule has 5 heteroatoms. The van der Waals surface area contributed by atoms with Gasteiger partial charge in [0.15, 0.2) is 0 Å². The Morgan fingerprint density at radius 2 is 1.39 bits per heavy atom. The Kier molecular flexibility index (Phi) is 8.06. The summed E-state index contributed by atoms with van der Waals surface area (Å²) in [7, 11) is 0. The summed E-state index contributed by atoms with van der Waals surface area (Å²) in [5.74, 6) is 0.305. The molecular weight excluding hydrogens is 348 g/mol. The molecule has 0 unspecified atom stereocenters. The molecule has 0 aromatic heterocycles. The summed E-state index contributed by atoms with van der Waals surface area (Å²) in [5, 5.41) is 10.3. The van der Waals surface area contributed by atoms with Crippen molar-refractivity contribution >= 4 is 18.4 Å². The SMILES string of the molecule is CC(=O)Oc1ccc(C)c(C)c1-c1c(O)ccc(C)c1C.Cl.[Ti]. The number of hydrogen-bond acceptors (Lipinski definition) is 3. The van der Waals surface area contributed by atoms with Gasteiger partial charge >= 0.3 is 5.97 Å². The maximum absolute atomic E-state index is 11.3. The topological polar surface area (TPSA) is 46.5 Å². The normalized spacial score (nSPS) is 9.61. The molecule has 0 bridgehead atoms. The number of carbonyl (C=O) groups is 1. The molecule has 0 heterocycles. The number of rotatable bonds is 2. The number of phenolic OH excluding ortho intramolecular Hbond substituents is 1. The van der Waals surface area contributed by atoms with Crippen molar-refractivity contribution < 1.29 is 36.4 Å². The van der Waals surface area contributed by atoms with Gasteiger partial charge in [-0.1, -0.05) is 12.1 Å². The smallest absolute Gasteiger partial charge is 0.308 e. The van der Waals surface area contributed by atoms with Gasteiger partial charge in [0.25, 0.3) is 0 Å². The first-order valence-corrected chi connectivity index (χ1v) is 6.91. The van der Waals surface area contributed by atoms with E-state index < -0.39 is 0 Å². The number of benzene rings is 2. The number of aromatic hydroxyl groups is 1. The van der Waals surface area contributed by atoms with Crippen molar-refractivity contribution in [2.75, 3.05) is 0 Å². The maximum Gasteiger partial charge on any atom is 0.308 e. The number of carbonyl (C=O) groups excluding carboxylic acids is 1. The van der Waals surface area contributed by atoms with Crippen LogP contribution in [0.4, 0.5) is 0 Å². The van der Waals surface area contributed by atoms with E-state index >= 15 is 0 Å². The van der Waals surface area contributed by atoms with Crippen LogP contribution in [-0.2, 0) is 26.5 Å². The molecule has 0 aliphatic heterocycles. The van der Waals surface area contributed by atoms with Crippen LogP contribution in [0.2, 0.25) is 0 Å². The van der Waals surface area contributed by atoms with Crippen molar-refractivity contribution in [3.63, 3.8) is 0 Å². The fourth-order valence-corrected chi connectivity index (χ4v) is 2.46. The van der Waals surface area contributed by atoms with Crippen molar-refractivity contribution in [2.24, 2.45) is 0 Å². The largest absolute Gasteiger partial charge is 0.507 e. The summed E-state index contributed by atoms with van der Waals surface area (Å²) in [6, 6.07) is 7.25. The molecular formula is C18H21ClO3Ti. The minimum Gasteiger partial charge on any atom is -0.507 e. The van der Waals surface area contributed by atoms with Crippen LogP contribution in [0, 0.1) is 27.7 Å². The van der Waals surface area contributed by atoms with E-state index in [0.717, 1.165) is 33.4 Å². The van der Waals surface area contributed by atoms with Crippen LogP contribution < -0.4 is 4.74 Å². The minimum absolute atomic E-state index is 0. The zero-order valence-electron chi connectivity index (χ0n) is 14.0. The van der Waals surface area contributed by atoms with E-state index in [4.69, 9.17) is 4.74 Å². The van der Waals surface area contributed by atoms with Gasteiger partial charge in [-0.25, -0.2) is 0 Å². The molecule has 122 valence electrons. The summed E-state index contributed by atoms with van der Waals surface area (Å²) in [5.41, 5.74) is 5.66. The van der Waals surface area contributed by atoms with Crippen molar-refractivity contribution in [1.82, 2.24) is 0 Å². The van der Waals surface area contributed by atoms with Gasteiger partial charge in [-0.15, -0.1) is 12.4 Å². The Labute approximate surface area is 158 Å². The Hall–Kier alpha value is -1.29. The average molecular weight is 369 g/mol. The first-order chi connectivity index (χ1) is 9.82. The van der Waals surface area contributed by atoms with Gasteiger partial charge in [-0.3, -0.25) is 4.79 Å². The molecule has 0 saturated carbocycles. The number of halogens is 1. The fraction of sp³-hybridized carbons (Fsp3) is 0.278. The van der Waals surface area contributed by atoms with Crippen molar-refractivity contribution in [3.05, 3.63) is 46.5 Å².